The predicted molar refractivity (Wildman–Crippen MR) is 54.2 cm³/mol. The van der Waals surface area contributed by atoms with Crippen LogP contribution in [-0.2, 0) is 19.2 Å². The fraction of sp³-hybridized carbons (Fsp3) is 0. The smallest absolute Gasteiger partial charge is 0.254 e. The molecule has 0 heterocycles. The van der Waals surface area contributed by atoms with E-state index in [0.717, 1.165) is 0 Å². The minimum absolute atomic E-state index is 0.748. The Morgan fingerprint density at radius 1 is 0.812 bits per heavy atom. The number of halogens is 2. The quantitative estimate of drug-likeness (QED) is 0.495. The highest BCUT2D eigenvalue weighted by Gasteiger charge is 2.37. The molecule has 1 aliphatic rings. The van der Waals surface area contributed by atoms with Crippen LogP contribution in [0.4, 0.5) is 0 Å². The zero-order chi connectivity index (χ0) is 12.6. The summed E-state index contributed by atoms with van der Waals surface area (Å²) in [4.78, 5) is 44.6. The van der Waals surface area contributed by atoms with Crippen molar-refractivity contribution in [3.05, 3.63) is 21.2 Å². The van der Waals surface area contributed by atoms with Gasteiger partial charge in [0.1, 0.15) is 21.2 Å². The van der Waals surface area contributed by atoms with E-state index in [0.29, 0.717) is 0 Å². The number of Topliss-reactive ketones (excluding diaryl/α,β-unsaturated/α-hetero) is 2. The number of ketones is 2. The van der Waals surface area contributed by atoms with Gasteiger partial charge in [-0.05, 0) is 0 Å². The third-order valence-electron chi connectivity index (χ3n) is 1.78. The molecule has 0 aromatic heterocycles. The maximum atomic E-state index is 11.4. The van der Waals surface area contributed by atoms with E-state index in [9.17, 15) is 19.2 Å². The highest BCUT2D eigenvalue weighted by molar-refractivity contribution is 6.62. The Balaban J connectivity index is 3.49. The van der Waals surface area contributed by atoms with Gasteiger partial charge in [-0.1, -0.05) is 23.2 Å². The van der Waals surface area contributed by atoms with Crippen molar-refractivity contribution in [1.29, 1.82) is 0 Å². The van der Waals surface area contributed by atoms with Crippen LogP contribution < -0.4 is 11.5 Å². The first kappa shape index (κ1) is 12.4. The number of allylic oxidation sites excluding steroid dienone is 2. The largest absolute Gasteiger partial charge is 0.365 e. The van der Waals surface area contributed by atoms with Gasteiger partial charge in [-0.25, -0.2) is 0 Å². The van der Waals surface area contributed by atoms with E-state index >= 15 is 0 Å². The van der Waals surface area contributed by atoms with Crippen molar-refractivity contribution in [2.24, 2.45) is 11.5 Å². The van der Waals surface area contributed by atoms with Gasteiger partial charge in [0.2, 0.25) is 11.6 Å². The van der Waals surface area contributed by atoms with E-state index < -0.39 is 44.6 Å². The van der Waals surface area contributed by atoms with Gasteiger partial charge in [-0.15, -0.1) is 0 Å². The molecule has 2 amide bonds. The summed E-state index contributed by atoms with van der Waals surface area (Å²) >= 11 is 10.9. The lowest BCUT2D eigenvalue weighted by atomic mass is 9.95. The Hall–Kier alpha value is -1.66. The minimum Gasteiger partial charge on any atom is -0.365 e. The van der Waals surface area contributed by atoms with Crippen molar-refractivity contribution in [2.45, 2.75) is 0 Å². The van der Waals surface area contributed by atoms with Crippen LogP contribution in [0.1, 0.15) is 0 Å². The molecule has 0 saturated carbocycles. The van der Waals surface area contributed by atoms with Gasteiger partial charge >= 0.3 is 0 Å². The lowest BCUT2D eigenvalue weighted by Gasteiger charge is -2.13. The normalized spacial score (nSPS) is 16.9. The molecule has 0 aromatic rings. The van der Waals surface area contributed by atoms with E-state index in [2.05, 4.69) is 0 Å². The molecule has 0 fully saturated rings. The monoisotopic (exact) mass is 262 g/mol. The zero-order valence-corrected chi connectivity index (χ0v) is 9.06. The van der Waals surface area contributed by atoms with Crippen LogP contribution in [0.2, 0.25) is 0 Å². The summed E-state index contributed by atoms with van der Waals surface area (Å²) in [6.07, 6.45) is 0. The summed E-state index contributed by atoms with van der Waals surface area (Å²) < 4.78 is 0. The molecule has 84 valence electrons. The van der Waals surface area contributed by atoms with Crippen LogP contribution in [0.15, 0.2) is 21.2 Å². The maximum absolute atomic E-state index is 11.4. The van der Waals surface area contributed by atoms with Crippen LogP contribution in [0.3, 0.4) is 0 Å². The zero-order valence-electron chi connectivity index (χ0n) is 7.54. The summed E-state index contributed by atoms with van der Waals surface area (Å²) in [6.45, 7) is 0. The molecule has 1 aliphatic carbocycles. The maximum Gasteiger partial charge on any atom is 0.254 e. The van der Waals surface area contributed by atoms with E-state index in [4.69, 9.17) is 34.7 Å². The second-order valence-corrected chi connectivity index (χ2v) is 3.52. The third kappa shape index (κ3) is 1.72. The Morgan fingerprint density at radius 3 is 1.25 bits per heavy atom. The van der Waals surface area contributed by atoms with Gasteiger partial charge in [0.15, 0.2) is 0 Å². The van der Waals surface area contributed by atoms with E-state index in [1.165, 1.54) is 0 Å². The van der Waals surface area contributed by atoms with Crippen molar-refractivity contribution in [2.75, 3.05) is 0 Å². The van der Waals surface area contributed by atoms with Gasteiger partial charge < -0.3 is 11.5 Å². The molecule has 0 aromatic carbocycles. The molecular weight excluding hydrogens is 259 g/mol. The van der Waals surface area contributed by atoms with Gasteiger partial charge in [0.05, 0.1) is 0 Å². The molecule has 0 radical (unpaired) electrons. The number of amides is 2. The molecular formula is C8H4Cl2N2O4. The number of carbonyl (C=O) groups is 4. The van der Waals surface area contributed by atoms with Gasteiger partial charge in [-0.3, -0.25) is 19.2 Å². The number of rotatable bonds is 2. The first-order valence-corrected chi connectivity index (χ1v) is 4.53. The second kappa shape index (κ2) is 4.07. The summed E-state index contributed by atoms with van der Waals surface area (Å²) in [6, 6.07) is 0. The highest BCUT2D eigenvalue weighted by Crippen LogP contribution is 2.28. The Bertz CT molecular complexity index is 458. The molecule has 0 bridgehead atoms. The molecule has 6 nitrogen and oxygen atoms in total. The first-order valence-electron chi connectivity index (χ1n) is 3.77. The average molecular weight is 263 g/mol. The number of primary amides is 2. The molecule has 16 heavy (non-hydrogen) atoms. The lowest BCUT2D eigenvalue weighted by molar-refractivity contribution is -0.123. The van der Waals surface area contributed by atoms with Crippen molar-refractivity contribution in [3.8, 4) is 0 Å². The molecule has 4 N–H and O–H groups in total. The number of nitrogens with two attached hydrogens (primary N) is 2. The van der Waals surface area contributed by atoms with Crippen molar-refractivity contribution in [3.63, 3.8) is 0 Å². The lowest BCUT2D eigenvalue weighted by Crippen LogP contribution is -2.33. The van der Waals surface area contributed by atoms with Crippen molar-refractivity contribution < 1.29 is 19.2 Å². The summed E-state index contributed by atoms with van der Waals surface area (Å²) in [5, 5.41) is -1.51. The molecule has 0 spiro atoms. The second-order valence-electron chi connectivity index (χ2n) is 2.76. The number of hydrogen-bond acceptors (Lipinski definition) is 4. The van der Waals surface area contributed by atoms with Gasteiger partial charge in [-0.2, -0.15) is 0 Å². The van der Waals surface area contributed by atoms with Crippen LogP contribution in [0, 0.1) is 0 Å². The van der Waals surface area contributed by atoms with Crippen molar-refractivity contribution >= 4 is 46.6 Å². The van der Waals surface area contributed by atoms with Crippen LogP contribution in [-0.4, -0.2) is 23.4 Å². The minimum atomic E-state index is -1.20. The third-order valence-corrected chi connectivity index (χ3v) is 2.51. The van der Waals surface area contributed by atoms with E-state index in [1.807, 2.05) is 0 Å². The predicted octanol–water partition coefficient (Wildman–Crippen LogP) is -0.905. The highest BCUT2D eigenvalue weighted by atomic mass is 35.5. The van der Waals surface area contributed by atoms with Crippen LogP contribution >= 0.6 is 23.2 Å². The average Bonchev–Trinajstić information content (AvgIpc) is 2.14. The van der Waals surface area contributed by atoms with Gasteiger partial charge in [0, 0.05) is 0 Å². The summed E-state index contributed by atoms with van der Waals surface area (Å²) in [7, 11) is 0. The fourth-order valence-corrected chi connectivity index (χ4v) is 1.63. The molecule has 8 heteroatoms. The molecule has 0 atom stereocenters. The summed E-state index contributed by atoms with van der Waals surface area (Å²) in [5.74, 6) is -4.59. The Kier molecular flexibility index (Phi) is 3.16. The van der Waals surface area contributed by atoms with Gasteiger partial charge in [0.25, 0.3) is 11.8 Å². The molecule has 0 unspecified atom stereocenters. The number of hydrogen-bond donors (Lipinski definition) is 2. The topological polar surface area (TPSA) is 120 Å². The summed E-state index contributed by atoms with van der Waals surface area (Å²) in [5.41, 5.74) is 8.19. The Labute approximate surface area is 98.8 Å². The van der Waals surface area contributed by atoms with Crippen molar-refractivity contribution in [1.82, 2.24) is 0 Å². The van der Waals surface area contributed by atoms with Crippen LogP contribution in [0.5, 0.6) is 0 Å². The van der Waals surface area contributed by atoms with Crippen LogP contribution in [0.25, 0.3) is 0 Å². The van der Waals surface area contributed by atoms with E-state index in [1.54, 1.807) is 0 Å². The fourth-order valence-electron chi connectivity index (χ4n) is 1.09. The first-order chi connectivity index (χ1) is 7.29. The molecule has 0 aliphatic heterocycles. The standard InChI is InChI=1S/C8H4Cl2N2O4/c9-3-1(7(11)15)5(13)4(10)2(6(3)14)8(12)16/h(H2,11,15)(H2,12,16). The van der Waals surface area contributed by atoms with E-state index in [-0.39, 0.29) is 0 Å². The molecule has 0 saturated heterocycles. The SMILES string of the molecule is NC(=O)C1=C(Cl)C(=O)C(C(N)=O)=C(Cl)C1=O. The number of carbonyl (C=O) groups excluding carboxylic acids is 4. The Morgan fingerprint density at radius 2 is 1.06 bits per heavy atom. The molecule has 1 rings (SSSR count).